The van der Waals surface area contributed by atoms with Crippen LogP contribution in [0.3, 0.4) is 0 Å². The highest BCUT2D eigenvalue weighted by Crippen LogP contribution is 2.36. The first kappa shape index (κ1) is 48.6. The number of rotatable bonds is 22. The van der Waals surface area contributed by atoms with Crippen LogP contribution in [0.5, 0.6) is 0 Å². The molecule has 2 fully saturated rings. The molecule has 386 valence electrons. The Kier molecular flexibility index (Phi) is 17.3. The van der Waals surface area contributed by atoms with Gasteiger partial charge in [-0.2, -0.15) is 0 Å². The van der Waals surface area contributed by atoms with E-state index in [4.69, 9.17) is 48.7 Å². The fourth-order valence-electron chi connectivity index (χ4n) is 8.42. The second kappa shape index (κ2) is 26.7. The standard InChI is InChI=1S/C61H58O14/c62-51-52(73-58(64)47-32-18-6-19-33-47)50(41-69-57(63)46-30-16-5-17-31-46)72-61(54(51)74-59(65)48-34-20-7-21-35-48)75-56-55(68-38-44-26-12-3-13-27-44)53(67-37-43-24-10-2-11-25-43)49(40-66-36-42-22-8-1-9-23-42)71-60(56)70-39-45-28-14-4-15-29-45/h1-35,49-56,60-62H,36-41H2/t49-,50-,51+,52-,53-,54+,55+,56+,60?,61-/m1/s1/i36D,37D,38D/t36?,37?,38?,49-,50-,51+,52-,53-,54+,55+,56+,60?,61-. The second-order valence-corrected chi connectivity index (χ2v) is 17.5. The molecule has 14 nitrogen and oxygen atoms in total. The van der Waals surface area contributed by atoms with Crippen LogP contribution in [0.25, 0.3) is 0 Å². The van der Waals surface area contributed by atoms with Gasteiger partial charge in [-0.25, -0.2) is 14.4 Å². The molecule has 2 aliphatic heterocycles. The number of hydrogen-bond acceptors (Lipinski definition) is 14. The van der Waals surface area contributed by atoms with Gasteiger partial charge in [0.15, 0.2) is 24.8 Å². The lowest BCUT2D eigenvalue weighted by Gasteiger charge is -2.49. The van der Waals surface area contributed by atoms with Crippen molar-refractivity contribution in [3.05, 3.63) is 251 Å². The number of esters is 3. The zero-order chi connectivity index (χ0) is 54.2. The summed E-state index contributed by atoms with van der Waals surface area (Å²) >= 11 is 0. The Morgan fingerprint density at radius 1 is 0.413 bits per heavy atom. The monoisotopic (exact) mass is 1020 g/mol. The molecule has 14 heteroatoms. The van der Waals surface area contributed by atoms with E-state index in [2.05, 4.69) is 0 Å². The molecule has 0 spiro atoms. The van der Waals surface area contributed by atoms with Gasteiger partial charge in [-0.3, -0.25) is 0 Å². The second-order valence-electron chi connectivity index (χ2n) is 17.5. The van der Waals surface area contributed by atoms with Gasteiger partial charge in [0.2, 0.25) is 0 Å². The van der Waals surface area contributed by atoms with E-state index in [1.54, 1.807) is 152 Å². The smallest absolute Gasteiger partial charge is 0.338 e. The SMILES string of the molecule is [2H]C(OC[C@H]1OC(OCc2ccccc2)[C@@H](O[C@H]2O[C@H](COC(=O)c3ccccc3)[C@@H](OC(=O)c3ccccc3)[C@H](O)[C@@H]2OC(=O)c2ccccc2)[C@@H](OC([2H])c2ccccc2)[C@@H]1OC([2H])c1ccccc1)c1ccccc1. The molecular weight excluding hydrogens is 957 g/mol. The van der Waals surface area contributed by atoms with Crippen LogP contribution in [0.4, 0.5) is 0 Å². The minimum Gasteiger partial charge on any atom is -0.459 e. The number of carbonyl (C=O) groups excluding carboxylic acids is 3. The summed E-state index contributed by atoms with van der Waals surface area (Å²) in [6, 6.07) is 59.6. The summed E-state index contributed by atoms with van der Waals surface area (Å²) in [6.45, 7) is -5.06. The third-order valence-corrected chi connectivity index (χ3v) is 12.3. The lowest BCUT2D eigenvalue weighted by molar-refractivity contribution is -0.375. The van der Waals surface area contributed by atoms with Crippen molar-refractivity contribution in [3.8, 4) is 0 Å². The highest BCUT2D eigenvalue weighted by Gasteiger charge is 2.55. The Morgan fingerprint density at radius 3 is 1.32 bits per heavy atom. The number of aliphatic hydroxyl groups excluding tert-OH is 1. The maximum absolute atomic E-state index is 14.2. The molecule has 0 aliphatic carbocycles. The van der Waals surface area contributed by atoms with E-state index in [1.165, 1.54) is 24.3 Å². The largest absolute Gasteiger partial charge is 0.459 e. The first-order chi connectivity index (χ1) is 38.1. The fraction of sp³-hybridized carbons (Fsp3) is 0.262. The molecule has 0 amide bonds. The van der Waals surface area contributed by atoms with Gasteiger partial charge >= 0.3 is 17.9 Å². The van der Waals surface area contributed by atoms with Crippen LogP contribution in [0, 0.1) is 0 Å². The van der Waals surface area contributed by atoms with Gasteiger partial charge in [0.1, 0.15) is 43.2 Å². The highest BCUT2D eigenvalue weighted by atomic mass is 16.8. The van der Waals surface area contributed by atoms with Crippen molar-refractivity contribution in [2.24, 2.45) is 0 Å². The Balaban J connectivity index is 1.14. The predicted molar refractivity (Wildman–Crippen MR) is 274 cm³/mol. The van der Waals surface area contributed by atoms with E-state index in [-0.39, 0.29) is 29.9 Å². The van der Waals surface area contributed by atoms with Crippen LogP contribution < -0.4 is 0 Å². The zero-order valence-corrected chi connectivity index (χ0v) is 40.6. The van der Waals surface area contributed by atoms with Crippen LogP contribution in [0.1, 0.15) is 57.4 Å². The Bertz CT molecular complexity index is 2940. The Labute approximate surface area is 439 Å². The van der Waals surface area contributed by atoms with Crippen molar-refractivity contribution in [1.29, 1.82) is 0 Å². The molecule has 7 aromatic rings. The molecule has 75 heavy (non-hydrogen) atoms. The average molecular weight is 1020 g/mol. The maximum Gasteiger partial charge on any atom is 0.338 e. The highest BCUT2D eigenvalue weighted by molar-refractivity contribution is 5.90. The van der Waals surface area contributed by atoms with Crippen LogP contribution >= 0.6 is 0 Å². The third-order valence-electron chi connectivity index (χ3n) is 12.3. The van der Waals surface area contributed by atoms with E-state index < -0.39 is 106 Å². The van der Waals surface area contributed by atoms with Crippen molar-refractivity contribution in [1.82, 2.24) is 0 Å². The molecule has 2 saturated heterocycles. The molecule has 0 saturated carbocycles. The van der Waals surface area contributed by atoms with Crippen molar-refractivity contribution in [3.63, 3.8) is 0 Å². The van der Waals surface area contributed by atoms with Gasteiger partial charge < -0.3 is 52.5 Å². The number of hydrogen-bond donors (Lipinski definition) is 1. The first-order valence-electron chi connectivity index (χ1n) is 26.2. The predicted octanol–water partition coefficient (Wildman–Crippen LogP) is 9.09. The fourth-order valence-corrected chi connectivity index (χ4v) is 8.42. The first-order valence-corrected chi connectivity index (χ1v) is 24.5. The van der Waals surface area contributed by atoms with E-state index in [1.807, 2.05) is 36.4 Å². The van der Waals surface area contributed by atoms with E-state index in [9.17, 15) is 22.2 Å². The molecule has 2 heterocycles. The molecule has 4 unspecified atom stereocenters. The van der Waals surface area contributed by atoms with Crippen molar-refractivity contribution >= 4 is 17.9 Å². The molecule has 9 rings (SSSR count). The summed E-state index contributed by atoms with van der Waals surface area (Å²) in [6.07, 6.45) is -15.9. The topological polar surface area (TPSA) is 164 Å². The Morgan fingerprint density at radius 2 is 0.813 bits per heavy atom. The van der Waals surface area contributed by atoms with Gasteiger partial charge in [-0.05, 0) is 58.7 Å². The summed E-state index contributed by atoms with van der Waals surface area (Å²) in [7, 11) is 0. The lowest BCUT2D eigenvalue weighted by Crippen LogP contribution is -2.66. The van der Waals surface area contributed by atoms with Gasteiger partial charge in [0.05, 0.1) is 53.8 Å². The summed E-state index contributed by atoms with van der Waals surface area (Å²) in [5.74, 6) is -2.55. The van der Waals surface area contributed by atoms with E-state index >= 15 is 0 Å². The summed E-state index contributed by atoms with van der Waals surface area (Å²) < 4.78 is 92.6. The average Bonchev–Trinajstić information content (AvgIpc) is 3.62. The Hall–Kier alpha value is -7.37. The number of aliphatic hydroxyl groups is 1. The lowest BCUT2D eigenvalue weighted by atomic mass is 9.96. The zero-order valence-electron chi connectivity index (χ0n) is 43.6. The van der Waals surface area contributed by atoms with Crippen molar-refractivity contribution in [2.75, 3.05) is 13.2 Å². The van der Waals surface area contributed by atoms with Crippen LogP contribution in [-0.2, 0) is 73.7 Å². The molecule has 2 aliphatic rings. The summed E-state index contributed by atoms with van der Waals surface area (Å²) in [4.78, 5) is 41.6. The van der Waals surface area contributed by atoms with Crippen molar-refractivity contribution in [2.45, 2.75) is 87.8 Å². The third kappa shape index (κ3) is 14.5. The normalized spacial score (nSPS) is 25.2. The molecular formula is C61H58O14. The maximum atomic E-state index is 14.2. The van der Waals surface area contributed by atoms with Crippen LogP contribution in [0.2, 0.25) is 0 Å². The van der Waals surface area contributed by atoms with Gasteiger partial charge in [-0.1, -0.05) is 176 Å². The van der Waals surface area contributed by atoms with Gasteiger partial charge in [0, 0.05) is 0 Å². The molecule has 0 aromatic heterocycles. The molecule has 7 aromatic carbocycles. The minimum absolute atomic E-state index is 0.0769. The summed E-state index contributed by atoms with van der Waals surface area (Å²) in [5, 5.41) is 12.6. The number of ether oxygens (including phenoxy) is 10. The molecule has 0 radical (unpaired) electrons. The molecule has 0 bridgehead atoms. The van der Waals surface area contributed by atoms with Gasteiger partial charge in [0.25, 0.3) is 0 Å². The van der Waals surface area contributed by atoms with Crippen molar-refractivity contribution < 1.29 is 71.0 Å². The van der Waals surface area contributed by atoms with E-state index in [0.717, 1.165) is 5.56 Å². The number of benzene rings is 7. The summed E-state index contributed by atoms with van der Waals surface area (Å²) in [5.41, 5.74) is 2.57. The van der Waals surface area contributed by atoms with Gasteiger partial charge in [-0.15, -0.1) is 0 Å². The molecule has 1 N–H and O–H groups in total. The van der Waals surface area contributed by atoms with Crippen LogP contribution in [-0.4, -0.2) is 97.6 Å². The van der Waals surface area contributed by atoms with Crippen LogP contribution in [0.15, 0.2) is 212 Å². The molecule has 13 atom stereocenters. The minimum atomic E-state index is -1.94. The van der Waals surface area contributed by atoms with E-state index in [0.29, 0.717) is 16.7 Å². The quantitative estimate of drug-likeness (QED) is 0.0505. The number of carbonyl (C=O) groups is 3.